The molecule has 11 heavy (non-hydrogen) atoms. The molecule has 0 spiro atoms. The molecule has 0 aromatic heterocycles. The Bertz CT molecular complexity index is 291. The van der Waals surface area contributed by atoms with Crippen molar-refractivity contribution in [1.82, 2.24) is 0 Å². The van der Waals surface area contributed by atoms with E-state index in [4.69, 9.17) is 17.1 Å². The van der Waals surface area contributed by atoms with Crippen LogP contribution in [0.3, 0.4) is 0 Å². The molecule has 0 radical (unpaired) electrons. The first kappa shape index (κ1) is 7.92. The van der Waals surface area contributed by atoms with Crippen molar-refractivity contribution >= 4 is 11.6 Å². The molecule has 0 aliphatic carbocycles. The zero-order valence-electron chi connectivity index (χ0n) is 5.74. The van der Waals surface area contributed by atoms with Crippen LogP contribution in [-0.2, 0) is 6.54 Å². The molecule has 0 atom stereocenters. The second-order valence-corrected chi connectivity index (χ2v) is 2.46. The zero-order valence-corrected chi connectivity index (χ0v) is 6.49. The van der Waals surface area contributed by atoms with Gasteiger partial charge in [-0.25, -0.2) is 0 Å². The molecule has 0 aliphatic heterocycles. The summed E-state index contributed by atoms with van der Waals surface area (Å²) in [5, 5.41) is 4.07. The Morgan fingerprint density at radius 2 is 2.36 bits per heavy atom. The van der Waals surface area contributed by atoms with Gasteiger partial charge in [-0.2, -0.15) is 0 Å². The number of azide groups is 1. The van der Waals surface area contributed by atoms with Crippen LogP contribution in [-0.4, -0.2) is 0 Å². The highest BCUT2D eigenvalue weighted by Crippen LogP contribution is 2.11. The van der Waals surface area contributed by atoms with Crippen molar-refractivity contribution in [2.45, 2.75) is 6.54 Å². The van der Waals surface area contributed by atoms with Crippen molar-refractivity contribution in [2.75, 3.05) is 0 Å². The van der Waals surface area contributed by atoms with Crippen molar-refractivity contribution < 1.29 is 0 Å². The predicted molar refractivity (Wildman–Crippen MR) is 44.3 cm³/mol. The van der Waals surface area contributed by atoms with Crippen molar-refractivity contribution in [3.63, 3.8) is 0 Å². The standard InChI is InChI=1S/C7H6ClN3/c8-7-3-1-2-6(4-7)5-10-11-9/h1-4H,5H2. The van der Waals surface area contributed by atoms with Gasteiger partial charge in [-0.15, -0.1) is 0 Å². The van der Waals surface area contributed by atoms with E-state index in [2.05, 4.69) is 10.0 Å². The number of rotatable bonds is 2. The van der Waals surface area contributed by atoms with Crippen molar-refractivity contribution in [1.29, 1.82) is 0 Å². The molecule has 0 bridgehead atoms. The molecule has 1 rings (SSSR count). The number of benzene rings is 1. The Morgan fingerprint density at radius 1 is 1.55 bits per heavy atom. The van der Waals surface area contributed by atoms with Crippen LogP contribution >= 0.6 is 11.6 Å². The number of hydrogen-bond donors (Lipinski definition) is 0. The van der Waals surface area contributed by atoms with E-state index in [0.29, 0.717) is 11.6 Å². The monoisotopic (exact) mass is 167 g/mol. The quantitative estimate of drug-likeness (QED) is 0.369. The van der Waals surface area contributed by atoms with Crippen LogP contribution in [0, 0.1) is 0 Å². The Kier molecular flexibility index (Phi) is 2.78. The minimum atomic E-state index is 0.358. The van der Waals surface area contributed by atoms with Gasteiger partial charge in [0.05, 0.1) is 6.54 Å². The van der Waals surface area contributed by atoms with Crippen LogP contribution in [0.15, 0.2) is 29.4 Å². The number of hydrogen-bond acceptors (Lipinski definition) is 1. The Labute approximate surface area is 69.2 Å². The summed E-state index contributed by atoms with van der Waals surface area (Å²) in [5.74, 6) is 0. The number of nitrogens with zero attached hydrogens (tertiary/aromatic N) is 3. The van der Waals surface area contributed by atoms with Gasteiger partial charge < -0.3 is 0 Å². The van der Waals surface area contributed by atoms with Gasteiger partial charge in [-0.3, -0.25) is 0 Å². The van der Waals surface area contributed by atoms with E-state index in [1.807, 2.05) is 12.1 Å². The maximum Gasteiger partial charge on any atom is 0.0511 e. The third-order valence-corrected chi connectivity index (χ3v) is 1.44. The first-order chi connectivity index (χ1) is 5.33. The van der Waals surface area contributed by atoms with Crippen LogP contribution in [0.1, 0.15) is 5.56 Å². The van der Waals surface area contributed by atoms with Gasteiger partial charge in [0.15, 0.2) is 0 Å². The van der Waals surface area contributed by atoms with Gasteiger partial charge in [-0.1, -0.05) is 28.8 Å². The van der Waals surface area contributed by atoms with E-state index in [-0.39, 0.29) is 0 Å². The first-order valence-electron chi connectivity index (χ1n) is 3.08. The van der Waals surface area contributed by atoms with Crippen LogP contribution in [0.5, 0.6) is 0 Å². The molecule has 0 aliphatic rings. The summed E-state index contributed by atoms with van der Waals surface area (Å²) in [6.45, 7) is 0.358. The fraction of sp³-hybridized carbons (Fsp3) is 0.143. The maximum absolute atomic E-state index is 8.02. The summed E-state index contributed by atoms with van der Waals surface area (Å²) in [6, 6.07) is 7.24. The SMILES string of the molecule is [N-]=[N+]=NCc1cccc(Cl)c1. The fourth-order valence-corrected chi connectivity index (χ4v) is 0.961. The van der Waals surface area contributed by atoms with Crippen molar-refractivity contribution in [3.8, 4) is 0 Å². The topological polar surface area (TPSA) is 48.8 Å². The molecule has 0 fully saturated rings. The van der Waals surface area contributed by atoms with E-state index in [9.17, 15) is 0 Å². The van der Waals surface area contributed by atoms with E-state index in [1.54, 1.807) is 12.1 Å². The maximum atomic E-state index is 8.02. The van der Waals surface area contributed by atoms with Crippen LogP contribution in [0.2, 0.25) is 5.02 Å². The average Bonchev–Trinajstić information content (AvgIpc) is 2.01. The molecule has 0 unspecified atom stereocenters. The second kappa shape index (κ2) is 3.86. The Morgan fingerprint density at radius 3 is 3.00 bits per heavy atom. The predicted octanol–water partition coefficient (Wildman–Crippen LogP) is 3.15. The third kappa shape index (κ3) is 2.50. The van der Waals surface area contributed by atoms with Crippen LogP contribution in [0.4, 0.5) is 0 Å². The minimum absolute atomic E-state index is 0.358. The molecule has 0 saturated heterocycles. The summed E-state index contributed by atoms with van der Waals surface area (Å²) >= 11 is 5.69. The van der Waals surface area contributed by atoms with Crippen LogP contribution in [0.25, 0.3) is 10.4 Å². The molecule has 1 aromatic rings. The summed E-state index contributed by atoms with van der Waals surface area (Å²) in [7, 11) is 0. The van der Waals surface area contributed by atoms with Crippen LogP contribution < -0.4 is 0 Å². The normalized spacial score (nSPS) is 8.82. The lowest BCUT2D eigenvalue weighted by Gasteiger charge is -1.93. The van der Waals surface area contributed by atoms with Gasteiger partial charge in [0.25, 0.3) is 0 Å². The van der Waals surface area contributed by atoms with E-state index < -0.39 is 0 Å². The molecule has 1 aromatic carbocycles. The van der Waals surface area contributed by atoms with Gasteiger partial charge in [0.2, 0.25) is 0 Å². The minimum Gasteiger partial charge on any atom is -0.0893 e. The molecule has 0 N–H and O–H groups in total. The summed E-state index contributed by atoms with van der Waals surface area (Å²) in [5.41, 5.74) is 8.95. The third-order valence-electron chi connectivity index (χ3n) is 1.21. The van der Waals surface area contributed by atoms with Gasteiger partial charge >= 0.3 is 0 Å². The molecular weight excluding hydrogens is 162 g/mol. The number of halogens is 1. The highest BCUT2D eigenvalue weighted by atomic mass is 35.5. The molecule has 3 nitrogen and oxygen atoms in total. The Balaban J connectivity index is 2.79. The summed E-state index contributed by atoms with van der Waals surface area (Å²) in [6.07, 6.45) is 0. The lowest BCUT2D eigenvalue weighted by molar-refractivity contribution is 1.05. The van der Waals surface area contributed by atoms with Crippen molar-refractivity contribution in [2.24, 2.45) is 5.11 Å². The highest BCUT2D eigenvalue weighted by molar-refractivity contribution is 6.30. The molecule has 0 amide bonds. The Hall–Kier alpha value is -1.18. The lowest BCUT2D eigenvalue weighted by Crippen LogP contribution is -1.77. The summed E-state index contributed by atoms with van der Waals surface area (Å²) in [4.78, 5) is 2.64. The average molecular weight is 168 g/mol. The molecule has 0 heterocycles. The molecule has 56 valence electrons. The second-order valence-electron chi connectivity index (χ2n) is 2.02. The van der Waals surface area contributed by atoms with Gasteiger partial charge in [-0.05, 0) is 23.2 Å². The lowest BCUT2D eigenvalue weighted by atomic mass is 10.2. The molecular formula is C7H6ClN3. The highest BCUT2D eigenvalue weighted by Gasteiger charge is 1.90. The largest absolute Gasteiger partial charge is 0.0893 e. The van der Waals surface area contributed by atoms with E-state index >= 15 is 0 Å². The first-order valence-corrected chi connectivity index (χ1v) is 3.46. The smallest absolute Gasteiger partial charge is 0.0511 e. The van der Waals surface area contributed by atoms with Crippen molar-refractivity contribution in [3.05, 3.63) is 45.3 Å². The summed E-state index contributed by atoms with van der Waals surface area (Å²) < 4.78 is 0. The zero-order chi connectivity index (χ0) is 8.10. The van der Waals surface area contributed by atoms with E-state index in [0.717, 1.165) is 5.56 Å². The fourth-order valence-electron chi connectivity index (χ4n) is 0.749. The molecule has 0 saturated carbocycles. The molecule has 4 heteroatoms. The van der Waals surface area contributed by atoms with Gasteiger partial charge in [0.1, 0.15) is 0 Å². The van der Waals surface area contributed by atoms with E-state index in [1.165, 1.54) is 0 Å². The van der Waals surface area contributed by atoms with Gasteiger partial charge in [0, 0.05) is 9.93 Å².